The van der Waals surface area contributed by atoms with Crippen LogP contribution in [0.3, 0.4) is 0 Å². The van der Waals surface area contributed by atoms with Crippen molar-refractivity contribution in [3.8, 4) is 11.5 Å². The number of nitrogens with zero attached hydrogens (tertiary/aromatic N) is 1. The van der Waals surface area contributed by atoms with Crippen molar-refractivity contribution in [3.05, 3.63) is 23.8 Å². The molecule has 1 aromatic carbocycles. The highest BCUT2D eigenvalue weighted by Crippen LogP contribution is 2.33. The van der Waals surface area contributed by atoms with E-state index in [2.05, 4.69) is 10.2 Å². The number of nitrogens with one attached hydrogen (secondary N) is 1. The van der Waals surface area contributed by atoms with Crippen molar-refractivity contribution in [1.82, 2.24) is 10.2 Å². The first-order valence-electron chi connectivity index (χ1n) is 7.61. The van der Waals surface area contributed by atoms with Crippen LogP contribution in [-0.4, -0.2) is 51.5 Å². The standard InChI is InChI=1S/C16H25FN2O2/c1-3-21-15-5-4-13(12-16(15)20-2)14(6-7-17)19-10-8-18-9-11-19/h4-5,12,14,18H,3,6-11H2,1-2H3/t14-/m1/s1. The number of hydrogen-bond donors (Lipinski definition) is 1. The summed E-state index contributed by atoms with van der Waals surface area (Å²) in [6, 6.07) is 6.02. The lowest BCUT2D eigenvalue weighted by atomic mass is 10.0. The van der Waals surface area contributed by atoms with E-state index < -0.39 is 0 Å². The Bertz CT molecular complexity index is 436. The normalized spacial score (nSPS) is 17.5. The van der Waals surface area contributed by atoms with Gasteiger partial charge in [-0.25, -0.2) is 0 Å². The zero-order valence-electron chi connectivity index (χ0n) is 12.9. The molecular formula is C16H25FN2O2. The lowest BCUT2D eigenvalue weighted by Gasteiger charge is -2.35. The number of piperazine rings is 1. The average molecular weight is 296 g/mol. The average Bonchev–Trinajstić information content (AvgIpc) is 2.54. The van der Waals surface area contributed by atoms with Gasteiger partial charge in [0.25, 0.3) is 0 Å². The molecule has 5 heteroatoms. The summed E-state index contributed by atoms with van der Waals surface area (Å²) in [6.07, 6.45) is 0.511. The van der Waals surface area contributed by atoms with Crippen molar-refractivity contribution in [2.45, 2.75) is 19.4 Å². The molecule has 1 fully saturated rings. The van der Waals surface area contributed by atoms with Crippen molar-refractivity contribution in [3.63, 3.8) is 0 Å². The Labute approximate surface area is 126 Å². The van der Waals surface area contributed by atoms with E-state index >= 15 is 0 Å². The number of rotatable bonds is 7. The summed E-state index contributed by atoms with van der Waals surface area (Å²) < 4.78 is 23.9. The van der Waals surface area contributed by atoms with E-state index in [0.717, 1.165) is 37.5 Å². The maximum absolute atomic E-state index is 13.0. The van der Waals surface area contributed by atoms with Gasteiger partial charge >= 0.3 is 0 Å². The van der Waals surface area contributed by atoms with Crippen LogP contribution in [0.5, 0.6) is 11.5 Å². The first kappa shape index (κ1) is 16.0. The summed E-state index contributed by atoms with van der Waals surface area (Å²) in [4.78, 5) is 2.34. The van der Waals surface area contributed by atoms with Crippen LogP contribution >= 0.6 is 0 Å². The van der Waals surface area contributed by atoms with Gasteiger partial charge in [0, 0.05) is 32.2 Å². The van der Waals surface area contributed by atoms with Gasteiger partial charge in [-0.3, -0.25) is 9.29 Å². The van der Waals surface area contributed by atoms with Crippen molar-refractivity contribution in [2.75, 3.05) is 46.6 Å². The van der Waals surface area contributed by atoms with E-state index in [0.29, 0.717) is 18.8 Å². The molecule has 4 nitrogen and oxygen atoms in total. The first-order chi connectivity index (χ1) is 10.3. The number of ether oxygens (including phenoxy) is 2. The maximum Gasteiger partial charge on any atom is 0.161 e. The van der Waals surface area contributed by atoms with Crippen LogP contribution in [0.1, 0.15) is 24.9 Å². The SMILES string of the molecule is CCOc1ccc([C@@H](CCF)N2CCNCC2)cc1OC. The molecule has 0 aromatic heterocycles. The van der Waals surface area contributed by atoms with E-state index in [-0.39, 0.29) is 12.7 Å². The Morgan fingerprint density at radius 2 is 2.05 bits per heavy atom. The second-order valence-electron chi connectivity index (χ2n) is 5.12. The van der Waals surface area contributed by atoms with E-state index in [9.17, 15) is 4.39 Å². The van der Waals surface area contributed by atoms with Gasteiger partial charge in [-0.1, -0.05) is 6.07 Å². The van der Waals surface area contributed by atoms with Crippen LogP contribution in [0.15, 0.2) is 18.2 Å². The van der Waals surface area contributed by atoms with Crippen LogP contribution in [0, 0.1) is 0 Å². The van der Waals surface area contributed by atoms with Crippen molar-refractivity contribution in [2.24, 2.45) is 0 Å². The number of halogens is 1. The summed E-state index contributed by atoms with van der Waals surface area (Å²) in [6.45, 7) is 6.03. The quantitative estimate of drug-likeness (QED) is 0.838. The Kier molecular flexibility index (Phi) is 6.26. The molecular weight excluding hydrogens is 271 g/mol. The van der Waals surface area contributed by atoms with Crippen LogP contribution in [-0.2, 0) is 0 Å². The molecule has 0 saturated carbocycles. The number of benzene rings is 1. The summed E-state index contributed by atoms with van der Waals surface area (Å²) in [5.41, 5.74) is 1.09. The van der Waals surface area contributed by atoms with Crippen molar-refractivity contribution in [1.29, 1.82) is 0 Å². The molecule has 1 saturated heterocycles. The molecule has 1 heterocycles. The fourth-order valence-corrected chi connectivity index (χ4v) is 2.82. The Morgan fingerprint density at radius 1 is 1.29 bits per heavy atom. The number of alkyl halides is 1. The predicted octanol–water partition coefficient (Wildman–Crippen LogP) is 2.40. The van der Waals surface area contributed by atoms with E-state index in [1.54, 1.807) is 7.11 Å². The zero-order chi connectivity index (χ0) is 15.1. The predicted molar refractivity (Wildman–Crippen MR) is 81.9 cm³/mol. The third-order valence-corrected chi connectivity index (χ3v) is 3.85. The minimum absolute atomic E-state index is 0.0988. The Balaban J connectivity index is 2.22. The third kappa shape index (κ3) is 4.08. The molecule has 0 unspecified atom stereocenters. The highest BCUT2D eigenvalue weighted by molar-refractivity contribution is 5.44. The first-order valence-corrected chi connectivity index (χ1v) is 7.61. The second kappa shape index (κ2) is 8.20. The Morgan fingerprint density at radius 3 is 2.67 bits per heavy atom. The molecule has 0 aliphatic carbocycles. The molecule has 1 aliphatic heterocycles. The van der Waals surface area contributed by atoms with Gasteiger partial charge in [0.05, 0.1) is 20.4 Å². The molecule has 1 aromatic rings. The topological polar surface area (TPSA) is 33.7 Å². The molecule has 118 valence electrons. The highest BCUT2D eigenvalue weighted by Gasteiger charge is 2.23. The van der Waals surface area contributed by atoms with Gasteiger partial charge in [0.2, 0.25) is 0 Å². The molecule has 0 spiro atoms. The minimum Gasteiger partial charge on any atom is -0.493 e. The molecule has 0 bridgehead atoms. The van der Waals surface area contributed by atoms with Crippen molar-refractivity contribution < 1.29 is 13.9 Å². The molecule has 0 amide bonds. The van der Waals surface area contributed by atoms with Gasteiger partial charge in [-0.2, -0.15) is 0 Å². The summed E-state index contributed by atoms with van der Waals surface area (Å²) in [5.74, 6) is 1.46. The lowest BCUT2D eigenvalue weighted by molar-refractivity contribution is 0.157. The van der Waals surface area contributed by atoms with E-state index in [4.69, 9.17) is 9.47 Å². The van der Waals surface area contributed by atoms with Crippen LogP contribution in [0.2, 0.25) is 0 Å². The van der Waals surface area contributed by atoms with E-state index in [1.807, 2.05) is 25.1 Å². The molecule has 1 N–H and O–H groups in total. The van der Waals surface area contributed by atoms with Crippen LogP contribution in [0.25, 0.3) is 0 Å². The summed E-state index contributed by atoms with van der Waals surface area (Å²) in [5, 5.41) is 3.33. The van der Waals surface area contributed by atoms with Crippen molar-refractivity contribution >= 4 is 0 Å². The zero-order valence-corrected chi connectivity index (χ0v) is 12.9. The van der Waals surface area contributed by atoms with Gasteiger partial charge in [-0.05, 0) is 31.0 Å². The fraction of sp³-hybridized carbons (Fsp3) is 0.625. The number of hydrogen-bond acceptors (Lipinski definition) is 4. The maximum atomic E-state index is 13.0. The summed E-state index contributed by atoms with van der Waals surface area (Å²) >= 11 is 0. The largest absolute Gasteiger partial charge is 0.493 e. The molecule has 21 heavy (non-hydrogen) atoms. The van der Waals surface area contributed by atoms with Gasteiger partial charge in [0.1, 0.15) is 0 Å². The summed E-state index contributed by atoms with van der Waals surface area (Å²) in [7, 11) is 1.64. The monoisotopic (exact) mass is 296 g/mol. The lowest BCUT2D eigenvalue weighted by Crippen LogP contribution is -2.45. The van der Waals surface area contributed by atoms with Crippen LogP contribution in [0.4, 0.5) is 4.39 Å². The molecule has 0 radical (unpaired) electrons. The minimum atomic E-state index is -0.315. The highest BCUT2D eigenvalue weighted by atomic mass is 19.1. The van der Waals surface area contributed by atoms with E-state index in [1.165, 1.54) is 0 Å². The second-order valence-corrected chi connectivity index (χ2v) is 5.12. The van der Waals surface area contributed by atoms with Gasteiger partial charge in [-0.15, -0.1) is 0 Å². The third-order valence-electron chi connectivity index (χ3n) is 3.85. The van der Waals surface area contributed by atoms with Crippen LogP contribution < -0.4 is 14.8 Å². The molecule has 1 atom stereocenters. The fourth-order valence-electron chi connectivity index (χ4n) is 2.82. The molecule has 2 rings (SSSR count). The number of methoxy groups -OCH3 is 1. The van der Waals surface area contributed by atoms with Gasteiger partial charge in [0.15, 0.2) is 11.5 Å². The Hall–Kier alpha value is -1.33. The smallest absolute Gasteiger partial charge is 0.161 e. The van der Waals surface area contributed by atoms with Gasteiger partial charge < -0.3 is 14.8 Å². The molecule has 1 aliphatic rings.